The molecular formula is C36H54F2O7. The highest BCUT2D eigenvalue weighted by Crippen LogP contribution is 2.90. The molecule has 11 atom stereocenters. The van der Waals surface area contributed by atoms with Gasteiger partial charge in [-0.05, 0) is 99.7 Å². The standard InChI is InChI=1S/C36H54F2O7/c1-20(39)42-23-17-25-32(9)18-24(43-21(2)40)28(33(10)12-11-26(45-33)30(6,7)44-22(3)41)31(32,8)13-14-34(25)19-35(34)15-16-36(37,38)29(4,5)27(23)35/h23-28H,11-19H2,1-10H3/t23-,24-,25-,26-,27-,28-,31+,32-,33+,34-,35+/m0/s1. The Morgan fingerprint density at radius 2 is 1.36 bits per heavy atom. The Labute approximate surface area is 267 Å². The molecule has 6 rings (SSSR count). The molecule has 0 N–H and O–H groups in total. The fourth-order valence-electron chi connectivity index (χ4n) is 13.1. The third-order valence-electron chi connectivity index (χ3n) is 14.8. The first kappa shape index (κ1) is 33.1. The van der Waals surface area contributed by atoms with E-state index >= 15 is 8.78 Å². The molecule has 0 aromatic heterocycles. The van der Waals surface area contributed by atoms with Gasteiger partial charge < -0.3 is 18.9 Å². The van der Waals surface area contributed by atoms with Crippen molar-refractivity contribution in [1.29, 1.82) is 0 Å². The van der Waals surface area contributed by atoms with Crippen LogP contribution in [-0.4, -0.2) is 53.3 Å². The lowest BCUT2D eigenvalue weighted by Crippen LogP contribution is -2.64. The number of ether oxygens (including phenoxy) is 4. The average molecular weight is 637 g/mol. The normalized spacial score (nSPS) is 49.1. The number of fused-ring (bicyclic) bond motifs is 2. The van der Waals surface area contributed by atoms with Crippen LogP contribution < -0.4 is 0 Å². The van der Waals surface area contributed by atoms with Crippen LogP contribution in [0.3, 0.4) is 0 Å². The zero-order chi connectivity index (χ0) is 33.4. The van der Waals surface area contributed by atoms with Crippen LogP contribution in [0.4, 0.5) is 8.78 Å². The lowest BCUT2D eigenvalue weighted by atomic mass is 9.41. The van der Waals surface area contributed by atoms with Crippen molar-refractivity contribution in [3.8, 4) is 0 Å². The molecule has 1 saturated heterocycles. The Kier molecular flexibility index (Phi) is 7.11. The molecule has 0 aromatic carbocycles. The van der Waals surface area contributed by atoms with Gasteiger partial charge in [0.25, 0.3) is 5.92 Å². The molecule has 0 amide bonds. The van der Waals surface area contributed by atoms with Crippen LogP contribution in [0.25, 0.3) is 0 Å². The fraction of sp³-hybridized carbons (Fsp3) is 0.917. The monoisotopic (exact) mass is 636 g/mol. The summed E-state index contributed by atoms with van der Waals surface area (Å²) in [7, 11) is 0. The van der Waals surface area contributed by atoms with Crippen molar-refractivity contribution < 1.29 is 42.1 Å². The summed E-state index contributed by atoms with van der Waals surface area (Å²) < 4.78 is 56.1. The molecule has 0 radical (unpaired) electrons. The summed E-state index contributed by atoms with van der Waals surface area (Å²) in [6.45, 7) is 18.2. The van der Waals surface area contributed by atoms with E-state index in [4.69, 9.17) is 18.9 Å². The second-order valence-electron chi connectivity index (χ2n) is 17.6. The largest absolute Gasteiger partial charge is 0.462 e. The minimum atomic E-state index is -2.84. The van der Waals surface area contributed by atoms with Crippen molar-refractivity contribution in [1.82, 2.24) is 0 Å². The Balaban J connectivity index is 1.41. The zero-order valence-electron chi connectivity index (χ0n) is 28.9. The van der Waals surface area contributed by atoms with Crippen LogP contribution in [-0.2, 0) is 33.3 Å². The van der Waals surface area contributed by atoms with E-state index < -0.39 is 40.5 Å². The summed E-state index contributed by atoms with van der Waals surface area (Å²) in [6, 6.07) is 0. The Hall–Kier alpha value is -1.77. The molecule has 0 bridgehead atoms. The molecule has 5 saturated carbocycles. The van der Waals surface area contributed by atoms with Gasteiger partial charge in [-0.3, -0.25) is 14.4 Å². The van der Waals surface area contributed by atoms with Crippen LogP contribution in [0.1, 0.15) is 127 Å². The lowest BCUT2D eigenvalue weighted by Gasteiger charge is -2.64. The van der Waals surface area contributed by atoms with Gasteiger partial charge in [0.05, 0.1) is 11.7 Å². The predicted molar refractivity (Wildman–Crippen MR) is 162 cm³/mol. The van der Waals surface area contributed by atoms with Crippen molar-refractivity contribution in [2.24, 2.45) is 44.8 Å². The van der Waals surface area contributed by atoms with Gasteiger partial charge in [0, 0.05) is 44.4 Å². The maximum Gasteiger partial charge on any atom is 0.303 e. The van der Waals surface area contributed by atoms with Crippen LogP contribution in [0.15, 0.2) is 0 Å². The maximum atomic E-state index is 15.6. The molecule has 9 heteroatoms. The average Bonchev–Trinajstić information content (AvgIpc) is 3.23. The van der Waals surface area contributed by atoms with Crippen LogP contribution >= 0.6 is 0 Å². The summed E-state index contributed by atoms with van der Waals surface area (Å²) in [4.78, 5) is 37.0. The van der Waals surface area contributed by atoms with Gasteiger partial charge in [0.1, 0.15) is 17.8 Å². The summed E-state index contributed by atoms with van der Waals surface area (Å²) in [5.74, 6) is -4.36. The molecule has 6 fully saturated rings. The van der Waals surface area contributed by atoms with Gasteiger partial charge in [0.15, 0.2) is 0 Å². The molecule has 5 aliphatic carbocycles. The SMILES string of the molecule is CC(=O)O[C@H]1C[C@@]2(C)[C@@H]3C[C@H](OC(C)=O)[C@H]4C(C)(C)C(F)(F)CC[C@@]45C[C@@]35CC[C@]2(C)[C@H]1[C@@]1(C)CC[C@@H](C(C)(C)OC(C)=O)O1. The third-order valence-corrected chi connectivity index (χ3v) is 14.8. The van der Waals surface area contributed by atoms with Gasteiger partial charge in [-0.25, -0.2) is 8.78 Å². The van der Waals surface area contributed by atoms with Crippen molar-refractivity contribution in [2.75, 3.05) is 0 Å². The first-order valence-electron chi connectivity index (χ1n) is 17.1. The van der Waals surface area contributed by atoms with E-state index in [9.17, 15) is 14.4 Å². The van der Waals surface area contributed by atoms with E-state index in [0.717, 1.165) is 25.7 Å². The van der Waals surface area contributed by atoms with Crippen molar-refractivity contribution in [3.63, 3.8) is 0 Å². The number of esters is 3. The van der Waals surface area contributed by atoms with E-state index in [-0.39, 0.29) is 64.1 Å². The Bertz CT molecular complexity index is 1300. The number of halogens is 2. The second-order valence-corrected chi connectivity index (χ2v) is 17.6. The molecule has 7 nitrogen and oxygen atoms in total. The van der Waals surface area contributed by atoms with E-state index in [1.54, 1.807) is 13.8 Å². The number of carbonyl (C=O) groups excluding carboxylic acids is 3. The van der Waals surface area contributed by atoms with Crippen LogP contribution in [0.2, 0.25) is 0 Å². The molecule has 1 heterocycles. The summed E-state index contributed by atoms with van der Waals surface area (Å²) in [5, 5.41) is 0. The van der Waals surface area contributed by atoms with Crippen LogP contribution in [0, 0.1) is 44.8 Å². The van der Waals surface area contributed by atoms with E-state index in [1.165, 1.54) is 20.8 Å². The Morgan fingerprint density at radius 1 is 0.756 bits per heavy atom. The molecule has 45 heavy (non-hydrogen) atoms. The third kappa shape index (κ3) is 4.29. The summed E-state index contributed by atoms with van der Waals surface area (Å²) >= 11 is 0. The van der Waals surface area contributed by atoms with E-state index in [2.05, 4.69) is 20.8 Å². The predicted octanol–water partition coefficient (Wildman–Crippen LogP) is 7.42. The number of hydrogen-bond acceptors (Lipinski definition) is 7. The molecule has 1 aliphatic heterocycles. The maximum absolute atomic E-state index is 15.6. The van der Waals surface area contributed by atoms with E-state index in [0.29, 0.717) is 25.7 Å². The number of carbonyl (C=O) groups is 3. The van der Waals surface area contributed by atoms with Gasteiger partial charge in [-0.1, -0.05) is 27.7 Å². The van der Waals surface area contributed by atoms with Gasteiger partial charge in [-0.15, -0.1) is 0 Å². The lowest BCUT2D eigenvalue weighted by molar-refractivity contribution is -0.251. The molecule has 6 aliphatic rings. The first-order chi connectivity index (χ1) is 20.5. The second kappa shape index (κ2) is 9.65. The van der Waals surface area contributed by atoms with Crippen molar-refractivity contribution >= 4 is 17.9 Å². The number of alkyl halides is 2. The molecule has 0 aromatic rings. The molecular weight excluding hydrogens is 582 g/mol. The first-order valence-corrected chi connectivity index (χ1v) is 17.1. The topological polar surface area (TPSA) is 88.1 Å². The molecule has 2 spiro atoms. The van der Waals surface area contributed by atoms with Crippen LogP contribution in [0.5, 0.6) is 0 Å². The highest BCUT2D eigenvalue weighted by molar-refractivity contribution is 5.67. The Morgan fingerprint density at radius 3 is 1.96 bits per heavy atom. The quantitative estimate of drug-likeness (QED) is 0.229. The smallest absolute Gasteiger partial charge is 0.303 e. The zero-order valence-corrected chi connectivity index (χ0v) is 28.9. The van der Waals surface area contributed by atoms with Gasteiger partial charge in [-0.2, -0.15) is 0 Å². The molecule has 0 unspecified atom stereocenters. The van der Waals surface area contributed by atoms with Gasteiger partial charge >= 0.3 is 17.9 Å². The summed E-state index contributed by atoms with van der Waals surface area (Å²) in [6.07, 6.45) is 4.31. The van der Waals surface area contributed by atoms with Crippen molar-refractivity contribution in [2.45, 2.75) is 162 Å². The fourth-order valence-corrected chi connectivity index (χ4v) is 13.1. The highest BCUT2D eigenvalue weighted by Gasteiger charge is 2.87. The minimum absolute atomic E-state index is 0.108. The minimum Gasteiger partial charge on any atom is -0.462 e. The van der Waals surface area contributed by atoms with Crippen molar-refractivity contribution in [3.05, 3.63) is 0 Å². The molecule has 254 valence electrons. The summed E-state index contributed by atoms with van der Waals surface area (Å²) in [5.41, 5.74) is -3.77. The number of hydrogen-bond donors (Lipinski definition) is 0. The van der Waals surface area contributed by atoms with Gasteiger partial charge in [0.2, 0.25) is 0 Å². The van der Waals surface area contributed by atoms with E-state index in [1.807, 2.05) is 13.8 Å². The number of rotatable bonds is 5. The highest BCUT2D eigenvalue weighted by atomic mass is 19.3.